The summed E-state index contributed by atoms with van der Waals surface area (Å²) in [6.07, 6.45) is 4.30. The predicted molar refractivity (Wildman–Crippen MR) is 73.4 cm³/mol. The normalized spacial score (nSPS) is 14.1. The lowest BCUT2D eigenvalue weighted by Gasteiger charge is -2.19. The lowest BCUT2D eigenvalue weighted by molar-refractivity contribution is 0.449. The minimum absolute atomic E-state index is 0.965. The molecular formula is C15H16N2. The van der Waals surface area contributed by atoms with Crippen LogP contribution in [-0.4, -0.2) is 16.5 Å². The van der Waals surface area contributed by atoms with Crippen molar-refractivity contribution in [1.29, 1.82) is 0 Å². The van der Waals surface area contributed by atoms with Crippen molar-refractivity contribution in [2.45, 2.75) is 13.5 Å². The molecule has 2 heterocycles. The average molecular weight is 224 g/mol. The summed E-state index contributed by atoms with van der Waals surface area (Å²) >= 11 is 0. The molecule has 0 amide bonds. The van der Waals surface area contributed by atoms with E-state index in [1.807, 2.05) is 0 Å². The Morgan fingerprint density at radius 1 is 1.29 bits per heavy atom. The van der Waals surface area contributed by atoms with Gasteiger partial charge in [0.25, 0.3) is 0 Å². The van der Waals surface area contributed by atoms with Gasteiger partial charge in [-0.3, -0.25) is 0 Å². The number of rotatable bonds is 1. The molecule has 0 fully saturated rings. The Morgan fingerprint density at radius 2 is 2.06 bits per heavy atom. The molecule has 1 aliphatic rings. The summed E-state index contributed by atoms with van der Waals surface area (Å²) in [5.41, 5.74) is 4.99. The maximum atomic E-state index is 4.09. The van der Waals surface area contributed by atoms with E-state index in [0.717, 1.165) is 12.2 Å². The average Bonchev–Trinajstić information content (AvgIpc) is 2.63. The molecule has 1 aromatic carbocycles. The standard InChI is InChI=1S/C15H16N2/c1-11(2)17-14-7-5-4-6-12(14)13-10-16(3)9-8-15(13)17/h4-9H,1,10H2,2-3H3. The lowest BCUT2D eigenvalue weighted by Crippen LogP contribution is -2.14. The molecule has 0 N–H and O–H groups in total. The second-order valence-corrected chi connectivity index (χ2v) is 4.68. The number of hydrogen-bond donors (Lipinski definition) is 0. The van der Waals surface area contributed by atoms with Crippen LogP contribution in [-0.2, 0) is 6.54 Å². The Morgan fingerprint density at radius 3 is 2.82 bits per heavy atom. The van der Waals surface area contributed by atoms with Crippen LogP contribution in [0, 0.1) is 0 Å². The summed E-state index contributed by atoms with van der Waals surface area (Å²) in [6, 6.07) is 8.54. The first kappa shape index (κ1) is 10.2. The number of fused-ring (bicyclic) bond motifs is 3. The summed E-state index contributed by atoms with van der Waals surface area (Å²) < 4.78 is 2.24. The van der Waals surface area contributed by atoms with E-state index in [1.54, 1.807) is 0 Å². The third-order valence-electron chi connectivity index (χ3n) is 3.30. The molecule has 0 spiro atoms. The highest BCUT2D eigenvalue weighted by Gasteiger charge is 2.18. The van der Waals surface area contributed by atoms with Crippen LogP contribution in [0.25, 0.3) is 22.7 Å². The minimum atomic E-state index is 0.965. The van der Waals surface area contributed by atoms with Gasteiger partial charge in [0.15, 0.2) is 0 Å². The first-order chi connectivity index (χ1) is 8.18. The van der Waals surface area contributed by atoms with E-state index >= 15 is 0 Å². The van der Waals surface area contributed by atoms with E-state index < -0.39 is 0 Å². The molecule has 0 saturated heterocycles. The lowest BCUT2D eigenvalue weighted by atomic mass is 10.1. The van der Waals surface area contributed by atoms with Crippen molar-refractivity contribution < 1.29 is 0 Å². The molecule has 0 radical (unpaired) electrons. The van der Waals surface area contributed by atoms with Gasteiger partial charge in [0.1, 0.15) is 0 Å². The van der Waals surface area contributed by atoms with Crippen molar-refractivity contribution in [1.82, 2.24) is 9.47 Å². The van der Waals surface area contributed by atoms with Gasteiger partial charge < -0.3 is 9.47 Å². The maximum absolute atomic E-state index is 4.09. The highest BCUT2D eigenvalue weighted by Crippen LogP contribution is 2.32. The Balaban J connectivity index is 2.42. The summed E-state index contributed by atoms with van der Waals surface area (Å²) in [5.74, 6) is 0. The van der Waals surface area contributed by atoms with Gasteiger partial charge in [0.2, 0.25) is 0 Å². The van der Waals surface area contributed by atoms with E-state index in [2.05, 4.69) is 66.6 Å². The molecule has 2 nitrogen and oxygen atoms in total. The van der Waals surface area contributed by atoms with Crippen LogP contribution in [0.3, 0.4) is 0 Å². The fourth-order valence-corrected chi connectivity index (χ4v) is 2.58. The van der Waals surface area contributed by atoms with Gasteiger partial charge in [-0.25, -0.2) is 0 Å². The van der Waals surface area contributed by atoms with Gasteiger partial charge in [-0.2, -0.15) is 0 Å². The first-order valence-electron chi connectivity index (χ1n) is 5.85. The van der Waals surface area contributed by atoms with Crippen molar-refractivity contribution in [2.75, 3.05) is 7.05 Å². The largest absolute Gasteiger partial charge is 0.376 e. The summed E-state index contributed by atoms with van der Waals surface area (Å²) in [5, 5.41) is 1.33. The third kappa shape index (κ3) is 1.41. The van der Waals surface area contributed by atoms with Crippen LogP contribution in [0.5, 0.6) is 0 Å². The van der Waals surface area contributed by atoms with Crippen molar-refractivity contribution in [3.8, 4) is 0 Å². The first-order valence-corrected chi connectivity index (χ1v) is 5.85. The zero-order chi connectivity index (χ0) is 12.0. The van der Waals surface area contributed by atoms with Gasteiger partial charge in [0.05, 0.1) is 11.2 Å². The number of para-hydroxylation sites is 1. The van der Waals surface area contributed by atoms with E-state index in [9.17, 15) is 0 Å². The Hall–Kier alpha value is -1.96. The van der Waals surface area contributed by atoms with Crippen LogP contribution >= 0.6 is 0 Å². The van der Waals surface area contributed by atoms with Crippen molar-refractivity contribution in [3.05, 3.63) is 48.3 Å². The van der Waals surface area contributed by atoms with Gasteiger partial charge in [-0.05, 0) is 19.1 Å². The molecule has 0 atom stereocenters. The number of hydrogen-bond acceptors (Lipinski definition) is 1. The molecule has 0 bridgehead atoms. The molecule has 0 aliphatic carbocycles. The van der Waals surface area contributed by atoms with E-state index in [0.29, 0.717) is 0 Å². The Kier molecular flexibility index (Phi) is 2.11. The smallest absolute Gasteiger partial charge is 0.0534 e. The second kappa shape index (κ2) is 3.52. The van der Waals surface area contributed by atoms with Gasteiger partial charge in [-0.15, -0.1) is 0 Å². The number of allylic oxidation sites excluding steroid dienone is 1. The molecule has 0 saturated carbocycles. The molecule has 17 heavy (non-hydrogen) atoms. The fourth-order valence-electron chi connectivity index (χ4n) is 2.58. The summed E-state index contributed by atoms with van der Waals surface area (Å²) in [7, 11) is 2.10. The van der Waals surface area contributed by atoms with Gasteiger partial charge in [-0.1, -0.05) is 24.8 Å². The number of nitrogens with zero attached hydrogens (tertiary/aromatic N) is 2. The van der Waals surface area contributed by atoms with Crippen LogP contribution in [0.4, 0.5) is 0 Å². The molecular weight excluding hydrogens is 208 g/mol. The second-order valence-electron chi connectivity index (χ2n) is 4.68. The highest BCUT2D eigenvalue weighted by atomic mass is 15.1. The molecule has 1 aliphatic heterocycles. The van der Waals surface area contributed by atoms with Crippen molar-refractivity contribution in [3.63, 3.8) is 0 Å². The van der Waals surface area contributed by atoms with Crippen molar-refractivity contribution in [2.24, 2.45) is 0 Å². The van der Waals surface area contributed by atoms with E-state index in [1.165, 1.54) is 22.2 Å². The Bertz CT molecular complexity index is 632. The fraction of sp³-hybridized carbons (Fsp3) is 0.200. The SMILES string of the molecule is C=C(C)n1c2c(c3ccccc31)CN(C)C=C2. The minimum Gasteiger partial charge on any atom is -0.376 e. The van der Waals surface area contributed by atoms with Crippen molar-refractivity contribution >= 4 is 22.7 Å². The molecule has 2 aromatic rings. The number of benzene rings is 1. The summed E-state index contributed by atoms with van der Waals surface area (Å²) in [6.45, 7) is 7.11. The molecule has 86 valence electrons. The third-order valence-corrected chi connectivity index (χ3v) is 3.30. The molecule has 0 unspecified atom stereocenters. The quantitative estimate of drug-likeness (QED) is 0.719. The van der Waals surface area contributed by atoms with E-state index in [4.69, 9.17) is 0 Å². The van der Waals surface area contributed by atoms with Gasteiger partial charge >= 0.3 is 0 Å². The molecule has 1 aromatic heterocycles. The highest BCUT2D eigenvalue weighted by molar-refractivity contribution is 5.91. The summed E-state index contributed by atoms with van der Waals surface area (Å²) in [4.78, 5) is 2.21. The topological polar surface area (TPSA) is 8.17 Å². The maximum Gasteiger partial charge on any atom is 0.0534 e. The molecule has 2 heteroatoms. The zero-order valence-electron chi connectivity index (χ0n) is 10.3. The zero-order valence-corrected chi connectivity index (χ0v) is 10.3. The monoisotopic (exact) mass is 224 g/mol. The molecule has 3 rings (SSSR count). The predicted octanol–water partition coefficient (Wildman–Crippen LogP) is 3.55. The Labute approximate surface area is 101 Å². The van der Waals surface area contributed by atoms with Crippen LogP contribution < -0.4 is 0 Å². The van der Waals surface area contributed by atoms with Gasteiger partial charge in [0, 0.05) is 36.4 Å². The van der Waals surface area contributed by atoms with E-state index in [-0.39, 0.29) is 0 Å². The van der Waals surface area contributed by atoms with Crippen LogP contribution in [0.1, 0.15) is 18.2 Å². The number of aromatic nitrogens is 1. The van der Waals surface area contributed by atoms with Crippen LogP contribution in [0.2, 0.25) is 0 Å². The van der Waals surface area contributed by atoms with Crippen LogP contribution in [0.15, 0.2) is 37.0 Å².